The van der Waals surface area contributed by atoms with Crippen LogP contribution in [-0.2, 0) is 11.3 Å². The predicted molar refractivity (Wildman–Crippen MR) is 101 cm³/mol. The lowest BCUT2D eigenvalue weighted by molar-refractivity contribution is -0.134. The fourth-order valence-corrected chi connectivity index (χ4v) is 3.85. The number of piperazine rings is 1. The van der Waals surface area contributed by atoms with Gasteiger partial charge >= 0.3 is 0 Å². The van der Waals surface area contributed by atoms with Gasteiger partial charge in [0.1, 0.15) is 5.82 Å². The van der Waals surface area contributed by atoms with Crippen molar-refractivity contribution in [3.63, 3.8) is 0 Å². The number of H-pyrrole nitrogens is 1. The molecule has 6 nitrogen and oxygen atoms in total. The van der Waals surface area contributed by atoms with E-state index < -0.39 is 0 Å². The van der Waals surface area contributed by atoms with E-state index in [1.165, 1.54) is 19.3 Å². The van der Waals surface area contributed by atoms with Crippen molar-refractivity contribution in [1.29, 1.82) is 0 Å². The first kappa shape index (κ1) is 17.5. The van der Waals surface area contributed by atoms with E-state index in [0.717, 1.165) is 26.2 Å². The molecule has 26 heavy (non-hydrogen) atoms. The quantitative estimate of drug-likeness (QED) is 0.892. The summed E-state index contributed by atoms with van der Waals surface area (Å²) in [5, 5.41) is 1.04. The third-order valence-corrected chi connectivity index (χ3v) is 5.74. The van der Waals surface area contributed by atoms with Gasteiger partial charge in [-0.3, -0.25) is 14.5 Å². The molecule has 4 rings (SSSR count). The maximum absolute atomic E-state index is 12.3. The molecule has 0 spiro atoms. The van der Waals surface area contributed by atoms with Crippen LogP contribution in [0.4, 0.5) is 0 Å². The topological polar surface area (TPSA) is 69.3 Å². The number of carbonyl (C=O) groups excluding carboxylic acids is 1. The first-order chi connectivity index (χ1) is 12.6. The Hall–Kier alpha value is -1.92. The van der Waals surface area contributed by atoms with Crippen molar-refractivity contribution in [3.05, 3.63) is 39.4 Å². The highest BCUT2D eigenvalue weighted by Gasteiger charge is 2.26. The highest BCUT2D eigenvalue weighted by molar-refractivity contribution is 6.31. The zero-order chi connectivity index (χ0) is 18.1. The number of amides is 1. The van der Waals surface area contributed by atoms with Crippen LogP contribution >= 0.6 is 11.6 Å². The van der Waals surface area contributed by atoms with Crippen LogP contribution in [0.25, 0.3) is 10.9 Å². The summed E-state index contributed by atoms with van der Waals surface area (Å²) in [7, 11) is 0. The van der Waals surface area contributed by atoms with Crippen LogP contribution in [0.15, 0.2) is 23.0 Å². The summed E-state index contributed by atoms with van der Waals surface area (Å²) in [6.07, 6.45) is 4.40. The van der Waals surface area contributed by atoms with E-state index in [1.807, 2.05) is 4.90 Å². The van der Waals surface area contributed by atoms with E-state index in [-0.39, 0.29) is 5.56 Å². The Bertz CT molecular complexity index is 869. The molecule has 0 unspecified atom stereocenters. The van der Waals surface area contributed by atoms with Crippen molar-refractivity contribution in [2.75, 3.05) is 26.2 Å². The minimum absolute atomic E-state index is 0.165. The van der Waals surface area contributed by atoms with Gasteiger partial charge in [-0.05, 0) is 37.0 Å². The second kappa shape index (κ2) is 7.37. The number of hydrogen-bond acceptors (Lipinski definition) is 4. The van der Waals surface area contributed by atoms with Crippen molar-refractivity contribution >= 4 is 28.4 Å². The second-order valence-corrected chi connectivity index (χ2v) is 7.77. The maximum atomic E-state index is 12.3. The average Bonchev–Trinajstić information content (AvgIpc) is 2.59. The maximum Gasteiger partial charge on any atom is 0.258 e. The first-order valence-corrected chi connectivity index (χ1v) is 9.65. The Kier molecular flexibility index (Phi) is 4.96. The van der Waals surface area contributed by atoms with Crippen LogP contribution in [0.5, 0.6) is 0 Å². The zero-order valence-corrected chi connectivity index (χ0v) is 15.5. The third-order valence-electron chi connectivity index (χ3n) is 5.50. The van der Waals surface area contributed by atoms with Gasteiger partial charge in [0, 0.05) is 37.6 Å². The fraction of sp³-hybridized carbons (Fsp3) is 0.526. The van der Waals surface area contributed by atoms with Crippen molar-refractivity contribution in [3.8, 4) is 0 Å². The number of benzene rings is 1. The molecule has 1 amide bonds. The Morgan fingerprint density at radius 2 is 2.00 bits per heavy atom. The minimum atomic E-state index is -0.165. The number of fused-ring (bicyclic) bond motifs is 1. The summed E-state index contributed by atoms with van der Waals surface area (Å²) in [4.78, 5) is 36.2. The van der Waals surface area contributed by atoms with Crippen LogP contribution in [0.3, 0.4) is 0 Å². The molecule has 7 heteroatoms. The number of carbonyl (C=O) groups is 1. The van der Waals surface area contributed by atoms with Crippen LogP contribution in [0.1, 0.15) is 31.5 Å². The third kappa shape index (κ3) is 3.76. The molecule has 1 aliphatic carbocycles. The zero-order valence-electron chi connectivity index (χ0n) is 14.7. The Morgan fingerprint density at radius 3 is 2.69 bits per heavy atom. The normalized spacial score (nSPS) is 18.9. The summed E-state index contributed by atoms with van der Waals surface area (Å²) >= 11 is 5.95. The van der Waals surface area contributed by atoms with Crippen LogP contribution in [0, 0.1) is 5.92 Å². The molecule has 2 aromatic rings. The predicted octanol–water partition coefficient (Wildman–Crippen LogP) is 2.41. The molecule has 1 N–H and O–H groups in total. The molecule has 2 aliphatic rings. The molecule has 138 valence electrons. The van der Waals surface area contributed by atoms with Gasteiger partial charge in [0.2, 0.25) is 5.91 Å². The van der Waals surface area contributed by atoms with Gasteiger partial charge in [0.05, 0.1) is 17.4 Å². The number of aromatic amines is 1. The average molecular weight is 375 g/mol. The van der Waals surface area contributed by atoms with Gasteiger partial charge in [-0.25, -0.2) is 4.98 Å². The number of nitrogens with one attached hydrogen (secondary N) is 1. The van der Waals surface area contributed by atoms with Gasteiger partial charge in [-0.1, -0.05) is 18.0 Å². The Balaban J connectivity index is 1.37. The van der Waals surface area contributed by atoms with Gasteiger partial charge in [0.15, 0.2) is 0 Å². The molecule has 0 bridgehead atoms. The highest BCUT2D eigenvalue weighted by atomic mass is 35.5. The van der Waals surface area contributed by atoms with E-state index in [1.54, 1.807) is 18.2 Å². The number of halogens is 1. The van der Waals surface area contributed by atoms with E-state index >= 15 is 0 Å². The smallest absolute Gasteiger partial charge is 0.258 e. The molecule has 1 saturated heterocycles. The largest absolute Gasteiger partial charge is 0.340 e. The number of nitrogens with zero attached hydrogens (tertiary/aromatic N) is 3. The van der Waals surface area contributed by atoms with Crippen molar-refractivity contribution in [1.82, 2.24) is 19.8 Å². The highest BCUT2D eigenvalue weighted by Crippen LogP contribution is 2.30. The van der Waals surface area contributed by atoms with E-state index in [2.05, 4.69) is 14.9 Å². The summed E-state index contributed by atoms with van der Waals surface area (Å²) in [6.45, 7) is 3.69. The number of rotatable bonds is 4. The van der Waals surface area contributed by atoms with Crippen molar-refractivity contribution in [2.45, 2.75) is 32.2 Å². The molecular weight excluding hydrogens is 352 g/mol. The van der Waals surface area contributed by atoms with Gasteiger partial charge < -0.3 is 9.88 Å². The van der Waals surface area contributed by atoms with E-state index in [4.69, 9.17) is 11.6 Å². The molecular formula is C19H23ClN4O2. The molecule has 1 aromatic carbocycles. The van der Waals surface area contributed by atoms with E-state index in [0.29, 0.717) is 46.5 Å². The van der Waals surface area contributed by atoms with Gasteiger partial charge in [-0.2, -0.15) is 0 Å². The SMILES string of the molecule is O=C(CC1CCC1)N1CCN(Cc2nc3ccc(Cl)cc3c(=O)[nH]2)CC1. The Morgan fingerprint density at radius 1 is 1.23 bits per heavy atom. The fourth-order valence-electron chi connectivity index (χ4n) is 3.67. The Labute approximate surface area is 157 Å². The molecule has 2 heterocycles. The van der Waals surface area contributed by atoms with Gasteiger partial charge in [0.25, 0.3) is 5.56 Å². The number of aromatic nitrogens is 2. The molecule has 0 atom stereocenters. The molecule has 1 aromatic heterocycles. The second-order valence-electron chi connectivity index (χ2n) is 7.33. The summed E-state index contributed by atoms with van der Waals surface area (Å²) < 4.78 is 0. The van der Waals surface area contributed by atoms with Crippen LogP contribution in [0.2, 0.25) is 5.02 Å². The molecule has 1 aliphatic heterocycles. The van der Waals surface area contributed by atoms with Crippen LogP contribution in [-0.4, -0.2) is 51.9 Å². The molecule has 0 radical (unpaired) electrons. The van der Waals surface area contributed by atoms with Crippen molar-refractivity contribution in [2.24, 2.45) is 5.92 Å². The minimum Gasteiger partial charge on any atom is -0.340 e. The molecule has 1 saturated carbocycles. The number of hydrogen-bond donors (Lipinski definition) is 1. The monoisotopic (exact) mass is 374 g/mol. The van der Waals surface area contributed by atoms with Crippen molar-refractivity contribution < 1.29 is 4.79 Å². The first-order valence-electron chi connectivity index (χ1n) is 9.27. The van der Waals surface area contributed by atoms with Crippen LogP contribution < -0.4 is 5.56 Å². The standard InChI is InChI=1S/C19H23ClN4O2/c20-14-4-5-16-15(11-14)19(26)22-17(21-16)12-23-6-8-24(9-7-23)18(25)10-13-2-1-3-13/h4-5,11,13H,1-3,6-10,12H2,(H,21,22,26). The molecule has 2 fully saturated rings. The van der Waals surface area contributed by atoms with Gasteiger partial charge in [-0.15, -0.1) is 0 Å². The van der Waals surface area contributed by atoms with E-state index in [9.17, 15) is 9.59 Å². The summed E-state index contributed by atoms with van der Waals surface area (Å²) in [5.74, 6) is 1.56. The lowest BCUT2D eigenvalue weighted by atomic mass is 9.82. The lowest BCUT2D eigenvalue weighted by Gasteiger charge is -2.36. The summed E-state index contributed by atoms with van der Waals surface area (Å²) in [5.41, 5.74) is 0.490. The summed E-state index contributed by atoms with van der Waals surface area (Å²) in [6, 6.07) is 5.15. The lowest BCUT2D eigenvalue weighted by Crippen LogP contribution is -2.49.